The van der Waals surface area contributed by atoms with Crippen LogP contribution in [0.25, 0.3) is 0 Å². The summed E-state index contributed by atoms with van der Waals surface area (Å²) >= 11 is 1.93. The van der Waals surface area contributed by atoms with Gasteiger partial charge in [-0.2, -0.15) is 11.8 Å². The van der Waals surface area contributed by atoms with E-state index in [0.29, 0.717) is 12.0 Å². The normalized spacial score (nSPS) is 27.2. The molecule has 1 fully saturated rings. The maximum atomic E-state index is 13.7. The van der Waals surface area contributed by atoms with Crippen molar-refractivity contribution >= 4 is 17.4 Å². The molecule has 0 unspecified atom stereocenters. The third-order valence-electron chi connectivity index (χ3n) is 5.45. The third kappa shape index (κ3) is 2.73. The number of thioether (sulfide) groups is 1. The molecule has 2 nitrogen and oxygen atoms in total. The molecular formula is C21H20FNOS. The minimum absolute atomic E-state index is 0.160. The molecule has 0 bridgehead atoms. The topological polar surface area (TPSA) is 21.3 Å². The molecule has 2 aromatic carbocycles. The number of benzene rings is 2. The van der Waals surface area contributed by atoms with E-state index in [-0.39, 0.29) is 17.8 Å². The summed E-state index contributed by atoms with van der Waals surface area (Å²) in [5.74, 6) is 3.66. The first-order valence-corrected chi connectivity index (χ1v) is 10.0. The Bertz CT molecular complexity index is 832. The molecule has 2 aliphatic heterocycles. The van der Waals surface area contributed by atoms with Crippen LogP contribution in [-0.4, -0.2) is 17.6 Å². The van der Waals surface area contributed by atoms with Crippen molar-refractivity contribution in [1.29, 1.82) is 0 Å². The van der Waals surface area contributed by atoms with E-state index < -0.39 is 0 Å². The van der Waals surface area contributed by atoms with Gasteiger partial charge in [-0.15, -0.1) is 0 Å². The Morgan fingerprint density at radius 3 is 2.88 bits per heavy atom. The van der Waals surface area contributed by atoms with Gasteiger partial charge in [0.25, 0.3) is 0 Å². The van der Waals surface area contributed by atoms with Crippen molar-refractivity contribution in [2.45, 2.75) is 24.5 Å². The van der Waals surface area contributed by atoms with Crippen LogP contribution in [0.5, 0.6) is 5.75 Å². The lowest BCUT2D eigenvalue weighted by Gasteiger charge is -2.37. The zero-order valence-corrected chi connectivity index (χ0v) is 14.6. The lowest BCUT2D eigenvalue weighted by molar-refractivity contribution is 0.240. The molecule has 1 N–H and O–H groups in total. The molecule has 0 radical (unpaired) electrons. The number of halogens is 1. The van der Waals surface area contributed by atoms with Crippen LogP contribution >= 0.6 is 11.8 Å². The number of allylic oxidation sites excluding steroid dienone is 2. The van der Waals surface area contributed by atoms with Gasteiger partial charge in [-0.3, -0.25) is 0 Å². The van der Waals surface area contributed by atoms with Crippen LogP contribution in [-0.2, 0) is 0 Å². The molecule has 0 amide bonds. The van der Waals surface area contributed by atoms with E-state index in [0.717, 1.165) is 34.9 Å². The Kier molecular flexibility index (Phi) is 3.74. The first kappa shape index (κ1) is 15.3. The average Bonchev–Trinajstić information content (AvgIpc) is 3.08. The second-order valence-electron chi connectivity index (χ2n) is 7.06. The Morgan fingerprint density at radius 1 is 1.12 bits per heavy atom. The number of rotatable bonds is 3. The van der Waals surface area contributed by atoms with Gasteiger partial charge in [0.1, 0.15) is 17.7 Å². The van der Waals surface area contributed by atoms with Crippen LogP contribution in [0.4, 0.5) is 10.1 Å². The molecule has 1 aliphatic carbocycles. The van der Waals surface area contributed by atoms with E-state index >= 15 is 0 Å². The van der Waals surface area contributed by atoms with Crippen LogP contribution in [0.15, 0.2) is 54.6 Å². The van der Waals surface area contributed by atoms with Crippen molar-refractivity contribution in [1.82, 2.24) is 0 Å². The van der Waals surface area contributed by atoms with Gasteiger partial charge in [-0.05, 0) is 53.8 Å². The summed E-state index contributed by atoms with van der Waals surface area (Å²) in [6.45, 7) is 0. The van der Waals surface area contributed by atoms with Crippen LogP contribution in [0.1, 0.15) is 29.5 Å². The van der Waals surface area contributed by atoms with E-state index in [2.05, 4.69) is 35.7 Å². The van der Waals surface area contributed by atoms with Crippen molar-refractivity contribution in [3.63, 3.8) is 0 Å². The molecule has 0 spiro atoms. The highest BCUT2D eigenvalue weighted by molar-refractivity contribution is 8.00. The van der Waals surface area contributed by atoms with E-state index in [9.17, 15) is 4.39 Å². The van der Waals surface area contributed by atoms with Crippen molar-refractivity contribution in [3.8, 4) is 5.75 Å². The lowest BCUT2D eigenvalue weighted by Crippen LogP contribution is -2.31. The number of ether oxygens (including phenoxy) is 1. The van der Waals surface area contributed by atoms with Crippen molar-refractivity contribution in [3.05, 3.63) is 71.6 Å². The Balaban J connectivity index is 1.48. The average molecular weight is 353 g/mol. The Labute approximate surface area is 151 Å². The zero-order valence-electron chi connectivity index (χ0n) is 13.8. The molecule has 3 atom stereocenters. The van der Waals surface area contributed by atoms with Gasteiger partial charge >= 0.3 is 0 Å². The smallest absolute Gasteiger partial charge is 0.123 e. The summed E-state index contributed by atoms with van der Waals surface area (Å²) in [7, 11) is 0. The fourth-order valence-electron chi connectivity index (χ4n) is 4.15. The summed E-state index contributed by atoms with van der Waals surface area (Å²) in [6, 6.07) is 13.8. The molecule has 4 heteroatoms. The summed E-state index contributed by atoms with van der Waals surface area (Å²) in [5.41, 5.74) is 3.37. The summed E-state index contributed by atoms with van der Waals surface area (Å²) < 4.78 is 19.8. The molecule has 2 heterocycles. The molecular weight excluding hydrogens is 333 g/mol. The molecule has 1 saturated heterocycles. The maximum absolute atomic E-state index is 13.7. The Hall–Kier alpha value is -1.94. The predicted molar refractivity (Wildman–Crippen MR) is 101 cm³/mol. The highest BCUT2D eigenvalue weighted by Crippen LogP contribution is 2.50. The first-order valence-electron chi connectivity index (χ1n) is 8.85. The van der Waals surface area contributed by atoms with Gasteiger partial charge in [0.15, 0.2) is 0 Å². The first-order chi connectivity index (χ1) is 12.3. The number of nitrogens with one attached hydrogen (secondary N) is 1. The monoisotopic (exact) mass is 353 g/mol. The number of anilines is 1. The van der Waals surface area contributed by atoms with Crippen LogP contribution < -0.4 is 10.1 Å². The molecule has 128 valence electrons. The van der Waals surface area contributed by atoms with Crippen molar-refractivity contribution in [2.75, 3.05) is 16.8 Å². The number of hydrogen-bond donors (Lipinski definition) is 1. The van der Waals surface area contributed by atoms with Crippen LogP contribution in [0, 0.1) is 11.7 Å². The lowest BCUT2D eigenvalue weighted by atomic mass is 9.77. The molecule has 5 rings (SSSR count). The van der Waals surface area contributed by atoms with Gasteiger partial charge < -0.3 is 10.1 Å². The molecule has 0 aromatic heterocycles. The largest absolute Gasteiger partial charge is 0.489 e. The zero-order chi connectivity index (χ0) is 16.8. The summed E-state index contributed by atoms with van der Waals surface area (Å²) in [5, 5.41) is 3.65. The Morgan fingerprint density at radius 2 is 2.04 bits per heavy atom. The standard InChI is InChI=1S/C21H20FNOS/c22-14-7-8-20-19(10-14)17-5-2-6-18(17)21(23-20)13-3-1-4-15(9-13)24-16-11-25-12-16/h1-5,7-10,16-18,21,23H,6,11-12H2/t17-,18-,21-/m1/s1. The molecule has 2 aromatic rings. The summed E-state index contributed by atoms with van der Waals surface area (Å²) in [6.07, 6.45) is 5.84. The number of fused-ring (bicyclic) bond motifs is 3. The van der Waals surface area contributed by atoms with Gasteiger partial charge in [-0.1, -0.05) is 24.3 Å². The van der Waals surface area contributed by atoms with E-state index in [1.807, 2.05) is 23.9 Å². The van der Waals surface area contributed by atoms with Gasteiger partial charge in [0.05, 0.1) is 6.04 Å². The second-order valence-corrected chi connectivity index (χ2v) is 8.13. The van der Waals surface area contributed by atoms with E-state index in [1.165, 1.54) is 11.6 Å². The van der Waals surface area contributed by atoms with Gasteiger partial charge in [-0.25, -0.2) is 4.39 Å². The molecule has 0 saturated carbocycles. The minimum atomic E-state index is -0.160. The van der Waals surface area contributed by atoms with Gasteiger partial charge in [0.2, 0.25) is 0 Å². The maximum Gasteiger partial charge on any atom is 0.123 e. The van der Waals surface area contributed by atoms with Crippen molar-refractivity contribution in [2.24, 2.45) is 5.92 Å². The summed E-state index contributed by atoms with van der Waals surface area (Å²) in [4.78, 5) is 0. The highest BCUT2D eigenvalue weighted by atomic mass is 32.2. The van der Waals surface area contributed by atoms with Crippen LogP contribution in [0.3, 0.4) is 0 Å². The molecule has 25 heavy (non-hydrogen) atoms. The quantitative estimate of drug-likeness (QED) is 0.772. The number of hydrogen-bond acceptors (Lipinski definition) is 3. The van der Waals surface area contributed by atoms with Crippen LogP contribution in [0.2, 0.25) is 0 Å². The van der Waals surface area contributed by atoms with Gasteiger partial charge in [0, 0.05) is 23.1 Å². The van der Waals surface area contributed by atoms with E-state index in [4.69, 9.17) is 4.74 Å². The van der Waals surface area contributed by atoms with Crippen molar-refractivity contribution < 1.29 is 9.13 Å². The SMILES string of the molecule is Fc1ccc2c(c1)[C@@H]1C=CC[C@H]1[C@@H](c1cccc(OC3CSC3)c1)N2. The second kappa shape index (κ2) is 6.10. The third-order valence-corrected chi connectivity index (χ3v) is 6.67. The molecule has 3 aliphatic rings. The predicted octanol–water partition coefficient (Wildman–Crippen LogP) is 5.15. The van der Waals surface area contributed by atoms with E-state index in [1.54, 1.807) is 6.07 Å². The fourth-order valence-corrected chi connectivity index (χ4v) is 4.72. The highest BCUT2D eigenvalue weighted by Gasteiger charge is 2.38. The minimum Gasteiger partial charge on any atom is -0.489 e. The fraction of sp³-hybridized carbons (Fsp3) is 0.333.